The molecule has 2 fully saturated rings. The average Bonchev–Trinajstić information content (AvgIpc) is 3.32. The number of rotatable bonds is 4. The summed E-state index contributed by atoms with van der Waals surface area (Å²) in [5.41, 5.74) is 0.368. The van der Waals surface area contributed by atoms with E-state index in [-0.39, 0.29) is 35.8 Å². The SMILES string of the molecule is Cn1nc(C2CCCN(C(=O)Cc3ccccc3F)C2)n(C2CCCC2)c1=O. The molecule has 1 aromatic carbocycles. The third-order valence-corrected chi connectivity index (χ3v) is 6.11. The summed E-state index contributed by atoms with van der Waals surface area (Å²) < 4.78 is 17.2. The minimum absolute atomic E-state index is 0.0489. The number of benzene rings is 1. The molecular weight excluding hydrogens is 359 g/mol. The van der Waals surface area contributed by atoms with Gasteiger partial charge in [0, 0.05) is 32.1 Å². The van der Waals surface area contributed by atoms with E-state index in [0.29, 0.717) is 18.7 Å². The van der Waals surface area contributed by atoms with Gasteiger partial charge in [-0.15, -0.1) is 0 Å². The van der Waals surface area contributed by atoms with E-state index in [0.717, 1.165) is 44.3 Å². The van der Waals surface area contributed by atoms with Crippen LogP contribution in [0.25, 0.3) is 0 Å². The largest absolute Gasteiger partial charge is 0.345 e. The van der Waals surface area contributed by atoms with E-state index in [4.69, 9.17) is 0 Å². The Hall–Kier alpha value is -2.44. The van der Waals surface area contributed by atoms with Gasteiger partial charge in [-0.1, -0.05) is 31.0 Å². The van der Waals surface area contributed by atoms with Crippen LogP contribution in [0.15, 0.2) is 29.1 Å². The van der Waals surface area contributed by atoms with Gasteiger partial charge in [0.25, 0.3) is 0 Å². The summed E-state index contributed by atoms with van der Waals surface area (Å²) in [5, 5.41) is 4.54. The van der Waals surface area contributed by atoms with Gasteiger partial charge < -0.3 is 4.90 Å². The van der Waals surface area contributed by atoms with E-state index in [9.17, 15) is 14.0 Å². The lowest BCUT2D eigenvalue weighted by Gasteiger charge is -2.33. The van der Waals surface area contributed by atoms with Crippen LogP contribution in [-0.2, 0) is 18.3 Å². The molecule has 7 heteroatoms. The average molecular weight is 386 g/mol. The van der Waals surface area contributed by atoms with Crippen LogP contribution in [0.5, 0.6) is 0 Å². The maximum absolute atomic E-state index is 13.9. The van der Waals surface area contributed by atoms with E-state index in [1.54, 1.807) is 30.1 Å². The van der Waals surface area contributed by atoms with Crippen molar-refractivity contribution in [3.8, 4) is 0 Å². The van der Waals surface area contributed by atoms with E-state index < -0.39 is 0 Å². The van der Waals surface area contributed by atoms with E-state index >= 15 is 0 Å². The third-order valence-electron chi connectivity index (χ3n) is 6.11. The van der Waals surface area contributed by atoms with Crippen molar-refractivity contribution in [3.05, 3.63) is 52.0 Å². The number of amides is 1. The molecule has 1 aliphatic heterocycles. The molecule has 0 bridgehead atoms. The molecule has 28 heavy (non-hydrogen) atoms. The topological polar surface area (TPSA) is 60.1 Å². The quantitative estimate of drug-likeness (QED) is 0.812. The third kappa shape index (κ3) is 3.62. The predicted molar refractivity (Wildman–Crippen MR) is 104 cm³/mol. The molecule has 2 aliphatic rings. The number of carbonyl (C=O) groups excluding carboxylic acids is 1. The molecule has 1 unspecified atom stereocenters. The number of piperidine rings is 1. The molecule has 1 saturated heterocycles. The number of halogens is 1. The van der Waals surface area contributed by atoms with Crippen LogP contribution in [0.2, 0.25) is 0 Å². The molecule has 1 aliphatic carbocycles. The van der Waals surface area contributed by atoms with Crippen LogP contribution in [-0.4, -0.2) is 38.2 Å². The predicted octanol–water partition coefficient (Wildman–Crippen LogP) is 2.78. The van der Waals surface area contributed by atoms with Crippen molar-refractivity contribution in [3.63, 3.8) is 0 Å². The van der Waals surface area contributed by atoms with Gasteiger partial charge in [0.2, 0.25) is 5.91 Å². The molecule has 1 saturated carbocycles. The highest BCUT2D eigenvalue weighted by Crippen LogP contribution is 2.33. The molecule has 6 nitrogen and oxygen atoms in total. The highest BCUT2D eigenvalue weighted by Gasteiger charge is 2.32. The fraction of sp³-hybridized carbons (Fsp3) is 0.571. The monoisotopic (exact) mass is 386 g/mol. The summed E-state index contributed by atoms with van der Waals surface area (Å²) in [6.45, 7) is 1.21. The van der Waals surface area contributed by atoms with Gasteiger partial charge in [0.1, 0.15) is 11.6 Å². The number of aromatic nitrogens is 3. The van der Waals surface area contributed by atoms with Gasteiger partial charge in [-0.25, -0.2) is 13.9 Å². The zero-order valence-electron chi connectivity index (χ0n) is 16.3. The van der Waals surface area contributed by atoms with Crippen molar-refractivity contribution in [2.45, 2.75) is 56.9 Å². The smallest absolute Gasteiger partial charge is 0.342 e. The number of hydrogen-bond acceptors (Lipinski definition) is 3. The zero-order chi connectivity index (χ0) is 19.7. The first-order chi connectivity index (χ1) is 13.5. The second kappa shape index (κ2) is 7.89. The first-order valence-corrected chi connectivity index (χ1v) is 10.2. The highest BCUT2D eigenvalue weighted by atomic mass is 19.1. The first-order valence-electron chi connectivity index (χ1n) is 10.2. The summed E-state index contributed by atoms with van der Waals surface area (Å²) in [4.78, 5) is 27.2. The molecule has 0 N–H and O–H groups in total. The summed E-state index contributed by atoms with van der Waals surface area (Å²) in [6.07, 6.45) is 6.15. The molecule has 1 aromatic heterocycles. The van der Waals surface area contributed by atoms with Crippen LogP contribution in [0.1, 0.15) is 61.9 Å². The Morgan fingerprint density at radius 3 is 2.68 bits per heavy atom. The van der Waals surface area contributed by atoms with Gasteiger partial charge in [-0.2, -0.15) is 5.10 Å². The second-order valence-corrected chi connectivity index (χ2v) is 8.02. The summed E-state index contributed by atoms with van der Waals surface area (Å²) >= 11 is 0. The summed E-state index contributed by atoms with van der Waals surface area (Å²) in [7, 11) is 1.70. The Balaban J connectivity index is 1.53. The van der Waals surface area contributed by atoms with Crippen molar-refractivity contribution < 1.29 is 9.18 Å². The Morgan fingerprint density at radius 1 is 1.18 bits per heavy atom. The van der Waals surface area contributed by atoms with Crippen molar-refractivity contribution in [2.75, 3.05) is 13.1 Å². The van der Waals surface area contributed by atoms with Crippen molar-refractivity contribution in [1.82, 2.24) is 19.2 Å². The van der Waals surface area contributed by atoms with Crippen molar-refractivity contribution in [1.29, 1.82) is 0 Å². The number of aryl methyl sites for hydroxylation is 1. The Labute approximate surface area is 164 Å². The standard InChI is InChI=1S/C21H27FN4O2/c1-24-21(28)26(17-9-3-4-10-17)20(23-24)16-8-6-12-25(14-16)19(27)13-15-7-2-5-11-18(15)22/h2,5,7,11,16-17H,3-4,6,8-10,12-14H2,1H3. The van der Waals surface area contributed by atoms with Gasteiger partial charge in [-0.05, 0) is 37.3 Å². The van der Waals surface area contributed by atoms with Gasteiger partial charge in [0.15, 0.2) is 0 Å². The lowest BCUT2D eigenvalue weighted by Crippen LogP contribution is -2.41. The van der Waals surface area contributed by atoms with Crippen LogP contribution in [0.3, 0.4) is 0 Å². The molecular formula is C21H27FN4O2. The lowest BCUT2D eigenvalue weighted by molar-refractivity contribution is -0.131. The fourth-order valence-electron chi connectivity index (χ4n) is 4.61. The molecule has 2 heterocycles. The van der Waals surface area contributed by atoms with Crippen LogP contribution in [0.4, 0.5) is 4.39 Å². The molecule has 1 atom stereocenters. The molecule has 1 amide bonds. The minimum Gasteiger partial charge on any atom is -0.342 e. The van der Waals surface area contributed by atoms with Gasteiger partial charge >= 0.3 is 5.69 Å². The Morgan fingerprint density at radius 2 is 1.93 bits per heavy atom. The summed E-state index contributed by atoms with van der Waals surface area (Å²) in [5.74, 6) is 0.445. The Bertz CT molecular complexity index is 913. The minimum atomic E-state index is -0.343. The maximum atomic E-state index is 13.9. The number of nitrogens with zero attached hydrogens (tertiary/aromatic N) is 4. The normalized spacial score (nSPS) is 20.6. The number of hydrogen-bond donors (Lipinski definition) is 0. The molecule has 4 rings (SSSR count). The maximum Gasteiger partial charge on any atom is 0.345 e. The number of likely N-dealkylation sites (tertiary alicyclic amines) is 1. The van der Waals surface area contributed by atoms with Gasteiger partial charge in [-0.3, -0.25) is 9.36 Å². The van der Waals surface area contributed by atoms with Crippen molar-refractivity contribution in [2.24, 2.45) is 7.05 Å². The number of carbonyl (C=O) groups is 1. The van der Waals surface area contributed by atoms with E-state index in [1.807, 2.05) is 4.57 Å². The molecule has 0 spiro atoms. The summed E-state index contributed by atoms with van der Waals surface area (Å²) in [6, 6.07) is 6.64. The zero-order valence-corrected chi connectivity index (χ0v) is 16.3. The van der Waals surface area contributed by atoms with E-state index in [1.165, 1.54) is 10.7 Å². The van der Waals surface area contributed by atoms with Crippen LogP contribution in [0, 0.1) is 5.82 Å². The molecule has 0 radical (unpaired) electrons. The molecule has 2 aromatic rings. The first kappa shape index (κ1) is 18.9. The van der Waals surface area contributed by atoms with Crippen molar-refractivity contribution >= 4 is 5.91 Å². The Kier molecular flexibility index (Phi) is 5.33. The lowest BCUT2D eigenvalue weighted by atomic mass is 9.96. The van der Waals surface area contributed by atoms with Crippen LogP contribution >= 0.6 is 0 Å². The van der Waals surface area contributed by atoms with E-state index in [2.05, 4.69) is 5.10 Å². The fourth-order valence-corrected chi connectivity index (χ4v) is 4.61. The van der Waals surface area contributed by atoms with Crippen LogP contribution < -0.4 is 5.69 Å². The molecule has 150 valence electrons. The second-order valence-electron chi connectivity index (χ2n) is 8.02. The van der Waals surface area contributed by atoms with Gasteiger partial charge in [0.05, 0.1) is 6.42 Å². The highest BCUT2D eigenvalue weighted by molar-refractivity contribution is 5.79.